The van der Waals surface area contributed by atoms with Crippen molar-refractivity contribution in [3.05, 3.63) is 72.6 Å². The molecule has 0 amide bonds. The fourth-order valence-electron chi connectivity index (χ4n) is 3.11. The highest BCUT2D eigenvalue weighted by atomic mass is 19.1. The summed E-state index contributed by atoms with van der Waals surface area (Å²) in [6.07, 6.45) is 3.44. The average Bonchev–Trinajstić information content (AvgIpc) is 2.69. The smallest absolute Gasteiger partial charge is 0.147 e. The van der Waals surface area contributed by atoms with Crippen molar-refractivity contribution in [2.45, 2.75) is 0 Å². The molecule has 2 aromatic carbocycles. The second kappa shape index (κ2) is 7.07. The Balaban J connectivity index is 1.47. The summed E-state index contributed by atoms with van der Waals surface area (Å²) in [4.78, 5) is 13.4. The van der Waals surface area contributed by atoms with Crippen molar-refractivity contribution >= 4 is 11.5 Å². The summed E-state index contributed by atoms with van der Waals surface area (Å²) in [5.41, 5.74) is 2.59. The summed E-state index contributed by atoms with van der Waals surface area (Å²) < 4.78 is 26.2. The van der Waals surface area contributed by atoms with Gasteiger partial charge in [-0.15, -0.1) is 0 Å². The number of rotatable bonds is 3. The van der Waals surface area contributed by atoms with E-state index in [2.05, 4.69) is 19.8 Å². The molecule has 1 aromatic heterocycles. The average molecular weight is 352 g/mol. The maximum absolute atomic E-state index is 13.1. The van der Waals surface area contributed by atoms with Gasteiger partial charge in [-0.1, -0.05) is 0 Å². The van der Waals surface area contributed by atoms with Crippen molar-refractivity contribution in [1.82, 2.24) is 9.97 Å². The molecule has 1 fully saturated rings. The highest BCUT2D eigenvalue weighted by molar-refractivity contribution is 5.60. The number of piperazine rings is 1. The highest BCUT2D eigenvalue weighted by Gasteiger charge is 2.19. The van der Waals surface area contributed by atoms with Gasteiger partial charge in [0, 0.05) is 37.4 Å². The third-order valence-electron chi connectivity index (χ3n) is 4.56. The van der Waals surface area contributed by atoms with Crippen LogP contribution in [0.3, 0.4) is 0 Å². The molecule has 0 unspecified atom stereocenters. The van der Waals surface area contributed by atoms with Crippen molar-refractivity contribution in [1.29, 1.82) is 0 Å². The van der Waals surface area contributed by atoms with Crippen molar-refractivity contribution in [2.75, 3.05) is 36.0 Å². The van der Waals surface area contributed by atoms with Crippen LogP contribution in [-0.2, 0) is 0 Å². The van der Waals surface area contributed by atoms with Crippen LogP contribution in [0.15, 0.2) is 60.9 Å². The molecule has 1 aliphatic rings. The maximum atomic E-state index is 13.1. The van der Waals surface area contributed by atoms with Crippen molar-refractivity contribution in [3.63, 3.8) is 0 Å². The van der Waals surface area contributed by atoms with Crippen LogP contribution in [0.4, 0.5) is 20.3 Å². The number of hydrogen-bond donors (Lipinski definition) is 0. The SMILES string of the molecule is Fc1ccc(-c2cncc(N3CCN(c4ccc(F)cc4)CC3)n2)cc1. The van der Waals surface area contributed by atoms with Crippen LogP contribution in [0.2, 0.25) is 0 Å². The van der Waals surface area contributed by atoms with E-state index < -0.39 is 0 Å². The Kier molecular flexibility index (Phi) is 4.48. The molecular weight excluding hydrogens is 334 g/mol. The Bertz CT molecular complexity index is 873. The van der Waals surface area contributed by atoms with E-state index in [0.29, 0.717) is 0 Å². The number of hydrogen-bond acceptors (Lipinski definition) is 4. The number of nitrogens with zero attached hydrogens (tertiary/aromatic N) is 4. The lowest BCUT2D eigenvalue weighted by Crippen LogP contribution is -2.46. The first-order chi connectivity index (χ1) is 12.7. The van der Waals surface area contributed by atoms with Crippen LogP contribution in [0, 0.1) is 11.6 Å². The molecule has 0 spiro atoms. The molecular formula is C20H18F2N4. The Labute approximate surface area is 150 Å². The van der Waals surface area contributed by atoms with Crippen molar-refractivity contribution in [2.24, 2.45) is 0 Å². The predicted octanol–water partition coefficient (Wildman–Crippen LogP) is 3.75. The first-order valence-electron chi connectivity index (χ1n) is 8.52. The minimum atomic E-state index is -0.269. The van der Waals surface area contributed by atoms with Gasteiger partial charge in [-0.3, -0.25) is 4.98 Å². The molecule has 6 heteroatoms. The Morgan fingerprint density at radius 1 is 0.692 bits per heavy atom. The minimum absolute atomic E-state index is 0.222. The highest BCUT2D eigenvalue weighted by Crippen LogP contribution is 2.22. The summed E-state index contributed by atoms with van der Waals surface area (Å²) in [6, 6.07) is 12.8. The van der Waals surface area contributed by atoms with Crippen LogP contribution in [0.1, 0.15) is 0 Å². The quantitative estimate of drug-likeness (QED) is 0.719. The Morgan fingerprint density at radius 3 is 1.92 bits per heavy atom. The van der Waals surface area contributed by atoms with Crippen LogP contribution in [0.5, 0.6) is 0 Å². The molecule has 1 aliphatic heterocycles. The molecule has 0 saturated carbocycles. The zero-order chi connectivity index (χ0) is 17.9. The summed E-state index contributed by atoms with van der Waals surface area (Å²) in [5, 5.41) is 0. The minimum Gasteiger partial charge on any atom is -0.368 e. The number of aromatic nitrogens is 2. The normalized spacial score (nSPS) is 14.5. The molecule has 0 aliphatic carbocycles. The van der Waals surface area contributed by atoms with Gasteiger partial charge in [0.1, 0.15) is 17.5 Å². The van der Waals surface area contributed by atoms with Gasteiger partial charge in [-0.05, 0) is 48.5 Å². The molecule has 132 valence electrons. The zero-order valence-corrected chi connectivity index (χ0v) is 14.1. The topological polar surface area (TPSA) is 32.3 Å². The van der Waals surface area contributed by atoms with Gasteiger partial charge in [-0.2, -0.15) is 0 Å². The molecule has 0 radical (unpaired) electrons. The van der Waals surface area contributed by atoms with E-state index in [1.54, 1.807) is 36.7 Å². The molecule has 0 N–H and O–H groups in total. The first kappa shape index (κ1) is 16.4. The number of anilines is 2. The number of benzene rings is 2. The van der Waals surface area contributed by atoms with Gasteiger partial charge in [0.15, 0.2) is 0 Å². The molecule has 2 heterocycles. The van der Waals surface area contributed by atoms with E-state index >= 15 is 0 Å². The number of halogens is 2. The van der Waals surface area contributed by atoms with Gasteiger partial charge in [0.25, 0.3) is 0 Å². The Hall–Kier alpha value is -3.02. The van der Waals surface area contributed by atoms with E-state index in [9.17, 15) is 8.78 Å². The lowest BCUT2D eigenvalue weighted by atomic mass is 10.1. The molecule has 4 nitrogen and oxygen atoms in total. The molecule has 26 heavy (non-hydrogen) atoms. The molecule has 0 atom stereocenters. The summed E-state index contributed by atoms with van der Waals surface area (Å²) in [5.74, 6) is 0.320. The fraction of sp³-hybridized carbons (Fsp3) is 0.200. The van der Waals surface area contributed by atoms with Crippen LogP contribution < -0.4 is 9.80 Å². The van der Waals surface area contributed by atoms with E-state index in [0.717, 1.165) is 48.9 Å². The van der Waals surface area contributed by atoms with E-state index in [1.807, 2.05) is 0 Å². The third-order valence-corrected chi connectivity index (χ3v) is 4.56. The molecule has 0 bridgehead atoms. The summed E-state index contributed by atoms with van der Waals surface area (Å²) in [6.45, 7) is 3.26. The largest absolute Gasteiger partial charge is 0.368 e. The van der Waals surface area contributed by atoms with Crippen LogP contribution in [-0.4, -0.2) is 36.1 Å². The second-order valence-electron chi connectivity index (χ2n) is 6.22. The molecule has 4 rings (SSSR count). The molecule has 3 aromatic rings. The van der Waals surface area contributed by atoms with Gasteiger partial charge < -0.3 is 9.80 Å². The molecule has 1 saturated heterocycles. The monoisotopic (exact) mass is 352 g/mol. The predicted molar refractivity (Wildman–Crippen MR) is 98.3 cm³/mol. The van der Waals surface area contributed by atoms with Crippen LogP contribution in [0.25, 0.3) is 11.3 Å². The first-order valence-corrected chi connectivity index (χ1v) is 8.52. The summed E-state index contributed by atoms with van der Waals surface area (Å²) >= 11 is 0. The third kappa shape index (κ3) is 3.49. The standard InChI is InChI=1S/C20H18F2N4/c21-16-3-1-15(2-4-16)19-13-23-14-20(24-19)26-11-9-25(10-12-26)18-7-5-17(22)6-8-18/h1-8,13-14H,9-12H2. The van der Waals surface area contributed by atoms with Crippen molar-refractivity contribution in [3.8, 4) is 11.3 Å². The van der Waals surface area contributed by atoms with E-state index in [4.69, 9.17) is 0 Å². The van der Waals surface area contributed by atoms with Crippen LogP contribution >= 0.6 is 0 Å². The fourth-order valence-corrected chi connectivity index (χ4v) is 3.11. The van der Waals surface area contributed by atoms with E-state index in [1.165, 1.54) is 24.3 Å². The lowest BCUT2D eigenvalue weighted by Gasteiger charge is -2.36. The van der Waals surface area contributed by atoms with Gasteiger partial charge >= 0.3 is 0 Å². The lowest BCUT2D eigenvalue weighted by molar-refractivity contribution is 0.624. The van der Waals surface area contributed by atoms with Crippen molar-refractivity contribution < 1.29 is 8.78 Å². The second-order valence-corrected chi connectivity index (χ2v) is 6.22. The zero-order valence-electron chi connectivity index (χ0n) is 14.1. The Morgan fingerprint density at radius 2 is 1.27 bits per heavy atom. The van der Waals surface area contributed by atoms with E-state index in [-0.39, 0.29) is 11.6 Å². The van der Waals surface area contributed by atoms with Gasteiger partial charge in [-0.25, -0.2) is 13.8 Å². The van der Waals surface area contributed by atoms with Gasteiger partial charge in [0.2, 0.25) is 0 Å². The summed E-state index contributed by atoms with van der Waals surface area (Å²) in [7, 11) is 0. The van der Waals surface area contributed by atoms with Gasteiger partial charge in [0.05, 0.1) is 18.1 Å². The maximum Gasteiger partial charge on any atom is 0.147 e.